The molecule has 0 unspecified atom stereocenters. The minimum Gasteiger partial charge on any atom is -0.476 e. The summed E-state index contributed by atoms with van der Waals surface area (Å²) in [5, 5.41) is 11.6. The number of benzene rings is 1. The quantitative estimate of drug-likeness (QED) is 0.364. The fraction of sp³-hybridized carbons (Fsp3) is 0. The molecular formula is C9H6ClFN2O3. The van der Waals surface area contributed by atoms with E-state index in [2.05, 4.69) is 10.5 Å². The highest BCUT2D eigenvalue weighted by Crippen LogP contribution is 2.19. The molecule has 84 valence electrons. The van der Waals surface area contributed by atoms with Gasteiger partial charge in [0.15, 0.2) is 6.29 Å². The zero-order chi connectivity index (χ0) is 12.1. The molecule has 0 aromatic heterocycles. The maximum Gasteiger partial charge on any atom is 0.359 e. The third-order valence-corrected chi connectivity index (χ3v) is 1.85. The molecule has 1 aromatic carbocycles. The van der Waals surface area contributed by atoms with E-state index in [1.54, 1.807) is 0 Å². The number of anilines is 1. The minimum atomic E-state index is -1.46. The van der Waals surface area contributed by atoms with Gasteiger partial charge in [0.2, 0.25) is 5.71 Å². The van der Waals surface area contributed by atoms with Crippen LogP contribution in [0.2, 0.25) is 5.02 Å². The molecular weight excluding hydrogens is 239 g/mol. The van der Waals surface area contributed by atoms with Crippen LogP contribution in [0.3, 0.4) is 0 Å². The molecule has 0 atom stereocenters. The fourth-order valence-corrected chi connectivity index (χ4v) is 0.996. The van der Waals surface area contributed by atoms with Crippen LogP contribution in [0.15, 0.2) is 23.3 Å². The van der Waals surface area contributed by atoms with Gasteiger partial charge in [0.1, 0.15) is 5.82 Å². The highest BCUT2D eigenvalue weighted by molar-refractivity contribution is 6.57. The summed E-state index contributed by atoms with van der Waals surface area (Å²) in [5.74, 6) is -2.07. The van der Waals surface area contributed by atoms with Crippen LogP contribution in [0.5, 0.6) is 0 Å². The first-order chi connectivity index (χ1) is 7.54. The molecule has 0 aliphatic rings. The van der Waals surface area contributed by atoms with Crippen molar-refractivity contribution in [2.75, 3.05) is 5.43 Å². The number of halogens is 2. The molecule has 1 rings (SSSR count). The zero-order valence-corrected chi connectivity index (χ0v) is 8.53. The van der Waals surface area contributed by atoms with Crippen molar-refractivity contribution in [3.63, 3.8) is 0 Å². The smallest absolute Gasteiger partial charge is 0.359 e. The van der Waals surface area contributed by atoms with Crippen molar-refractivity contribution in [1.82, 2.24) is 0 Å². The Morgan fingerprint density at radius 2 is 2.25 bits per heavy atom. The Balaban J connectivity index is 2.85. The Kier molecular flexibility index (Phi) is 3.96. The average Bonchev–Trinajstić information content (AvgIpc) is 2.23. The van der Waals surface area contributed by atoms with Crippen LogP contribution in [0.1, 0.15) is 0 Å². The van der Waals surface area contributed by atoms with Crippen LogP contribution in [0, 0.1) is 5.82 Å². The molecule has 1 aromatic rings. The molecule has 5 nitrogen and oxygen atoms in total. The second kappa shape index (κ2) is 5.22. The molecule has 7 heteroatoms. The predicted octanol–water partition coefficient (Wildman–Crippen LogP) is 1.53. The Bertz CT molecular complexity index is 462. The highest BCUT2D eigenvalue weighted by atomic mass is 35.5. The molecule has 0 radical (unpaired) electrons. The number of carboxylic acids is 1. The molecule has 0 spiro atoms. The van der Waals surface area contributed by atoms with Gasteiger partial charge in [0.25, 0.3) is 0 Å². The van der Waals surface area contributed by atoms with Crippen LogP contribution in [-0.4, -0.2) is 23.1 Å². The first kappa shape index (κ1) is 12.1. The first-order valence-corrected chi connectivity index (χ1v) is 4.39. The number of nitrogens with one attached hydrogen (secondary N) is 1. The number of hydrogen-bond donors (Lipinski definition) is 2. The van der Waals surface area contributed by atoms with E-state index in [4.69, 9.17) is 16.7 Å². The van der Waals surface area contributed by atoms with Gasteiger partial charge in [0.05, 0.1) is 10.7 Å². The number of aliphatic carboxylic acids is 1. The highest BCUT2D eigenvalue weighted by Gasteiger charge is 2.07. The van der Waals surface area contributed by atoms with E-state index in [-0.39, 0.29) is 17.0 Å². The third-order valence-electron chi connectivity index (χ3n) is 1.56. The summed E-state index contributed by atoms with van der Waals surface area (Å²) >= 11 is 5.48. The van der Waals surface area contributed by atoms with Crippen LogP contribution < -0.4 is 5.43 Å². The standard InChI is InChI=1S/C9H6ClFN2O3/c10-6-3-5(1-2-7(6)11)12-13-8(4-14)9(15)16/h1-4,12H,(H,15,16)/b13-8+. The topological polar surface area (TPSA) is 78.8 Å². The molecule has 0 heterocycles. The van der Waals surface area contributed by atoms with Crippen LogP contribution in [-0.2, 0) is 9.59 Å². The fourth-order valence-electron chi connectivity index (χ4n) is 0.815. The van der Waals surface area contributed by atoms with Gasteiger partial charge in [-0.3, -0.25) is 10.2 Å². The number of carbonyl (C=O) groups excluding carboxylic acids is 1. The van der Waals surface area contributed by atoms with Crippen molar-refractivity contribution >= 4 is 35.3 Å². The van der Waals surface area contributed by atoms with Gasteiger partial charge in [-0.1, -0.05) is 11.6 Å². The summed E-state index contributed by atoms with van der Waals surface area (Å²) < 4.78 is 12.7. The van der Waals surface area contributed by atoms with E-state index >= 15 is 0 Å². The molecule has 0 amide bonds. The van der Waals surface area contributed by atoms with Crippen molar-refractivity contribution in [2.24, 2.45) is 5.10 Å². The number of carboxylic acid groups (broad SMARTS) is 1. The molecule has 0 saturated heterocycles. The first-order valence-electron chi connectivity index (χ1n) is 4.02. The van der Waals surface area contributed by atoms with Crippen molar-refractivity contribution in [1.29, 1.82) is 0 Å². The molecule has 0 fully saturated rings. The van der Waals surface area contributed by atoms with Gasteiger partial charge in [-0.25, -0.2) is 9.18 Å². The summed E-state index contributed by atoms with van der Waals surface area (Å²) in [7, 11) is 0. The number of nitrogens with zero attached hydrogens (tertiary/aromatic N) is 1. The second-order valence-electron chi connectivity index (χ2n) is 2.66. The van der Waals surface area contributed by atoms with Crippen LogP contribution >= 0.6 is 11.6 Å². The van der Waals surface area contributed by atoms with Crippen molar-refractivity contribution in [2.45, 2.75) is 0 Å². The number of carbonyl (C=O) groups is 2. The third kappa shape index (κ3) is 3.03. The molecule has 0 saturated carbocycles. The molecule has 0 aliphatic heterocycles. The van der Waals surface area contributed by atoms with E-state index in [0.717, 1.165) is 6.07 Å². The Hall–Kier alpha value is -1.95. The molecule has 16 heavy (non-hydrogen) atoms. The van der Waals surface area contributed by atoms with Gasteiger partial charge < -0.3 is 5.11 Å². The predicted molar refractivity (Wildman–Crippen MR) is 56.2 cm³/mol. The molecule has 0 aliphatic carbocycles. The minimum absolute atomic E-state index is 0.0838. The van der Waals surface area contributed by atoms with Gasteiger partial charge >= 0.3 is 5.97 Å². The van der Waals surface area contributed by atoms with Gasteiger partial charge in [-0.05, 0) is 18.2 Å². The zero-order valence-electron chi connectivity index (χ0n) is 7.78. The summed E-state index contributed by atoms with van der Waals surface area (Å²) in [6.07, 6.45) is 0.0838. The number of rotatable bonds is 4. The Morgan fingerprint density at radius 1 is 1.56 bits per heavy atom. The summed E-state index contributed by atoms with van der Waals surface area (Å²) in [5.41, 5.74) is 1.85. The maximum absolute atomic E-state index is 12.7. The average molecular weight is 245 g/mol. The Morgan fingerprint density at radius 3 is 2.75 bits per heavy atom. The van der Waals surface area contributed by atoms with Crippen molar-refractivity contribution in [3.05, 3.63) is 29.0 Å². The summed E-state index contributed by atoms with van der Waals surface area (Å²) in [6.45, 7) is 0. The van der Waals surface area contributed by atoms with Gasteiger partial charge in [-0.2, -0.15) is 5.10 Å². The Labute approximate surface area is 94.5 Å². The normalized spacial score (nSPS) is 11.0. The van der Waals surface area contributed by atoms with E-state index in [0.29, 0.717) is 0 Å². The van der Waals surface area contributed by atoms with E-state index in [1.807, 2.05) is 0 Å². The second-order valence-corrected chi connectivity index (χ2v) is 3.07. The maximum atomic E-state index is 12.7. The van der Waals surface area contributed by atoms with Crippen molar-refractivity contribution in [3.8, 4) is 0 Å². The number of hydrogen-bond acceptors (Lipinski definition) is 4. The monoisotopic (exact) mass is 244 g/mol. The molecule has 2 N–H and O–H groups in total. The lowest BCUT2D eigenvalue weighted by Gasteiger charge is -2.01. The SMILES string of the molecule is O=C/C(=N\Nc1ccc(F)c(Cl)c1)C(=O)O. The summed E-state index contributed by atoms with van der Waals surface area (Å²) in [6, 6.07) is 3.60. The van der Waals surface area contributed by atoms with Gasteiger partial charge in [-0.15, -0.1) is 0 Å². The molecule has 0 bridgehead atoms. The van der Waals surface area contributed by atoms with Crippen LogP contribution in [0.4, 0.5) is 10.1 Å². The number of aldehydes is 1. The lowest BCUT2D eigenvalue weighted by molar-refractivity contribution is -0.129. The lowest BCUT2D eigenvalue weighted by atomic mass is 10.3. The van der Waals surface area contributed by atoms with E-state index in [1.165, 1.54) is 12.1 Å². The van der Waals surface area contributed by atoms with Crippen LogP contribution in [0.25, 0.3) is 0 Å². The lowest BCUT2D eigenvalue weighted by Crippen LogP contribution is -2.15. The summed E-state index contributed by atoms with van der Waals surface area (Å²) in [4.78, 5) is 20.6. The van der Waals surface area contributed by atoms with Gasteiger partial charge in [0, 0.05) is 0 Å². The van der Waals surface area contributed by atoms with E-state index < -0.39 is 17.5 Å². The van der Waals surface area contributed by atoms with E-state index in [9.17, 15) is 14.0 Å². The number of hydrazone groups is 1. The largest absolute Gasteiger partial charge is 0.476 e. The van der Waals surface area contributed by atoms with Crippen molar-refractivity contribution < 1.29 is 19.1 Å².